The van der Waals surface area contributed by atoms with E-state index in [4.69, 9.17) is 5.73 Å². The van der Waals surface area contributed by atoms with Gasteiger partial charge in [-0.15, -0.1) is 0 Å². The minimum absolute atomic E-state index is 0.100. The monoisotopic (exact) mass is 255 g/mol. The molecule has 1 amide bonds. The molecule has 0 aliphatic carbocycles. The number of nitrogen functional groups attached to an aromatic ring is 1. The van der Waals surface area contributed by atoms with Crippen molar-refractivity contribution in [1.82, 2.24) is 10.3 Å². The number of aromatic nitrogens is 1. The van der Waals surface area contributed by atoms with E-state index in [1.54, 1.807) is 12.4 Å². The van der Waals surface area contributed by atoms with Gasteiger partial charge in [-0.3, -0.25) is 9.78 Å². The number of benzene rings is 1. The van der Waals surface area contributed by atoms with Crippen LogP contribution >= 0.6 is 0 Å². The Morgan fingerprint density at radius 1 is 1.32 bits per heavy atom. The zero-order valence-corrected chi connectivity index (χ0v) is 11.1. The molecule has 1 aromatic carbocycles. The molecule has 0 spiro atoms. The van der Waals surface area contributed by atoms with Crippen LogP contribution < -0.4 is 11.1 Å². The molecule has 0 aliphatic heterocycles. The highest BCUT2D eigenvalue weighted by Gasteiger charge is 2.11. The number of aryl methyl sites for hydroxylation is 1. The van der Waals surface area contributed by atoms with E-state index in [1.165, 1.54) is 0 Å². The number of rotatable bonds is 3. The van der Waals surface area contributed by atoms with Crippen molar-refractivity contribution < 1.29 is 4.79 Å². The maximum atomic E-state index is 12.1. The van der Waals surface area contributed by atoms with Gasteiger partial charge in [0.15, 0.2) is 0 Å². The molecule has 2 rings (SSSR count). The number of amides is 1. The summed E-state index contributed by atoms with van der Waals surface area (Å²) in [6, 6.07) is 9.21. The molecule has 0 saturated carbocycles. The summed E-state index contributed by atoms with van der Waals surface area (Å²) >= 11 is 0. The Kier molecular flexibility index (Phi) is 3.80. The lowest BCUT2D eigenvalue weighted by atomic mass is 10.1. The van der Waals surface area contributed by atoms with Crippen LogP contribution in [-0.4, -0.2) is 10.9 Å². The lowest BCUT2D eigenvalue weighted by molar-refractivity contribution is 0.0939. The molecule has 0 aliphatic rings. The lowest BCUT2D eigenvalue weighted by Crippen LogP contribution is -2.26. The van der Waals surface area contributed by atoms with Crippen LogP contribution in [-0.2, 0) is 0 Å². The summed E-state index contributed by atoms with van der Waals surface area (Å²) in [6.45, 7) is 3.83. The first-order chi connectivity index (χ1) is 9.06. The largest absolute Gasteiger partial charge is 0.399 e. The Labute approximate surface area is 112 Å². The standard InChI is InChI=1S/C15H17N3O/c1-10-6-13(9-17-8-10)15(19)18-11(2)12-4-3-5-14(16)7-12/h3-9,11H,16H2,1-2H3,(H,18,19). The van der Waals surface area contributed by atoms with Gasteiger partial charge in [-0.1, -0.05) is 12.1 Å². The van der Waals surface area contributed by atoms with Crippen LogP contribution in [0.5, 0.6) is 0 Å². The number of carbonyl (C=O) groups excluding carboxylic acids is 1. The van der Waals surface area contributed by atoms with Gasteiger partial charge < -0.3 is 11.1 Å². The summed E-state index contributed by atoms with van der Waals surface area (Å²) in [5, 5.41) is 2.93. The van der Waals surface area contributed by atoms with Crippen LogP contribution in [0.2, 0.25) is 0 Å². The Balaban J connectivity index is 2.11. The smallest absolute Gasteiger partial charge is 0.253 e. The van der Waals surface area contributed by atoms with Crippen LogP contribution in [0.3, 0.4) is 0 Å². The van der Waals surface area contributed by atoms with Gasteiger partial charge in [0.1, 0.15) is 0 Å². The van der Waals surface area contributed by atoms with E-state index in [0.717, 1.165) is 11.1 Å². The number of pyridine rings is 1. The quantitative estimate of drug-likeness (QED) is 0.828. The zero-order valence-electron chi connectivity index (χ0n) is 11.1. The van der Waals surface area contributed by atoms with E-state index in [0.29, 0.717) is 11.3 Å². The molecule has 3 N–H and O–H groups in total. The number of nitrogens with one attached hydrogen (secondary N) is 1. The predicted octanol–water partition coefficient (Wildman–Crippen LogP) is 2.46. The summed E-state index contributed by atoms with van der Waals surface area (Å²) < 4.78 is 0. The third-order valence-electron chi connectivity index (χ3n) is 2.90. The molecule has 0 fully saturated rings. The van der Waals surface area contributed by atoms with Gasteiger partial charge in [-0.25, -0.2) is 0 Å². The molecule has 1 atom stereocenters. The summed E-state index contributed by atoms with van der Waals surface area (Å²) in [7, 11) is 0. The van der Waals surface area contributed by atoms with Crippen molar-refractivity contribution in [2.45, 2.75) is 19.9 Å². The van der Waals surface area contributed by atoms with Gasteiger partial charge in [0, 0.05) is 18.1 Å². The van der Waals surface area contributed by atoms with Gasteiger partial charge in [-0.2, -0.15) is 0 Å². The first-order valence-corrected chi connectivity index (χ1v) is 6.14. The van der Waals surface area contributed by atoms with E-state index in [9.17, 15) is 4.79 Å². The van der Waals surface area contributed by atoms with Gasteiger partial charge in [0.05, 0.1) is 11.6 Å². The maximum absolute atomic E-state index is 12.1. The van der Waals surface area contributed by atoms with Crippen molar-refractivity contribution in [2.75, 3.05) is 5.73 Å². The molecule has 1 aromatic heterocycles. The van der Waals surface area contributed by atoms with Crippen LogP contribution in [0.25, 0.3) is 0 Å². The topological polar surface area (TPSA) is 68.0 Å². The highest BCUT2D eigenvalue weighted by Crippen LogP contribution is 2.16. The van der Waals surface area contributed by atoms with E-state index in [-0.39, 0.29) is 11.9 Å². The van der Waals surface area contributed by atoms with Gasteiger partial charge >= 0.3 is 0 Å². The van der Waals surface area contributed by atoms with Gasteiger partial charge in [0.2, 0.25) is 0 Å². The van der Waals surface area contributed by atoms with Crippen LogP contribution in [0, 0.1) is 6.92 Å². The molecule has 4 heteroatoms. The second kappa shape index (κ2) is 5.52. The fraction of sp³-hybridized carbons (Fsp3) is 0.200. The first kappa shape index (κ1) is 13.1. The lowest BCUT2D eigenvalue weighted by Gasteiger charge is -2.14. The number of carbonyl (C=O) groups is 1. The number of hydrogen-bond acceptors (Lipinski definition) is 3. The molecular formula is C15H17N3O. The number of nitrogens with two attached hydrogens (primary N) is 1. The summed E-state index contributed by atoms with van der Waals surface area (Å²) in [5.74, 6) is -0.133. The van der Waals surface area contributed by atoms with Crippen LogP contribution in [0.1, 0.15) is 34.5 Å². The van der Waals surface area contributed by atoms with E-state index in [2.05, 4.69) is 10.3 Å². The average Bonchev–Trinajstić information content (AvgIpc) is 2.38. The molecule has 1 heterocycles. The molecule has 4 nitrogen and oxygen atoms in total. The summed E-state index contributed by atoms with van der Waals surface area (Å²) in [5.41, 5.74) is 8.93. The normalized spacial score (nSPS) is 11.9. The predicted molar refractivity (Wildman–Crippen MR) is 75.7 cm³/mol. The molecule has 98 valence electrons. The summed E-state index contributed by atoms with van der Waals surface area (Å²) in [4.78, 5) is 16.1. The average molecular weight is 255 g/mol. The Hall–Kier alpha value is -2.36. The number of hydrogen-bond donors (Lipinski definition) is 2. The minimum atomic E-state index is -0.133. The minimum Gasteiger partial charge on any atom is -0.399 e. The fourth-order valence-electron chi connectivity index (χ4n) is 1.87. The number of nitrogens with zero attached hydrogens (tertiary/aromatic N) is 1. The summed E-state index contributed by atoms with van der Waals surface area (Å²) in [6.07, 6.45) is 3.28. The third kappa shape index (κ3) is 3.31. The van der Waals surface area contributed by atoms with Crippen molar-refractivity contribution in [3.63, 3.8) is 0 Å². The van der Waals surface area contributed by atoms with E-state index < -0.39 is 0 Å². The van der Waals surface area contributed by atoms with Crippen LogP contribution in [0.15, 0.2) is 42.7 Å². The molecule has 0 saturated heterocycles. The van der Waals surface area contributed by atoms with Crippen molar-refractivity contribution in [3.8, 4) is 0 Å². The highest BCUT2D eigenvalue weighted by molar-refractivity contribution is 5.94. The Morgan fingerprint density at radius 2 is 2.11 bits per heavy atom. The SMILES string of the molecule is Cc1cncc(C(=O)NC(C)c2cccc(N)c2)c1. The van der Waals surface area contributed by atoms with Crippen molar-refractivity contribution >= 4 is 11.6 Å². The maximum Gasteiger partial charge on any atom is 0.253 e. The van der Waals surface area contributed by atoms with Gasteiger partial charge in [0.25, 0.3) is 5.91 Å². The number of anilines is 1. The van der Waals surface area contributed by atoms with Crippen molar-refractivity contribution in [2.24, 2.45) is 0 Å². The molecule has 19 heavy (non-hydrogen) atoms. The highest BCUT2D eigenvalue weighted by atomic mass is 16.1. The van der Waals surface area contributed by atoms with Gasteiger partial charge in [-0.05, 0) is 43.2 Å². The Morgan fingerprint density at radius 3 is 2.79 bits per heavy atom. The van der Waals surface area contributed by atoms with Crippen molar-refractivity contribution in [3.05, 3.63) is 59.4 Å². The molecule has 0 radical (unpaired) electrons. The molecular weight excluding hydrogens is 238 g/mol. The first-order valence-electron chi connectivity index (χ1n) is 6.14. The van der Waals surface area contributed by atoms with E-state index in [1.807, 2.05) is 44.2 Å². The molecule has 0 bridgehead atoms. The third-order valence-corrected chi connectivity index (χ3v) is 2.90. The molecule has 2 aromatic rings. The van der Waals surface area contributed by atoms with Crippen LogP contribution in [0.4, 0.5) is 5.69 Å². The Bertz CT molecular complexity index is 595. The fourth-order valence-corrected chi connectivity index (χ4v) is 1.87. The second-order valence-electron chi connectivity index (χ2n) is 4.62. The van der Waals surface area contributed by atoms with Crippen molar-refractivity contribution in [1.29, 1.82) is 0 Å². The van der Waals surface area contributed by atoms with E-state index >= 15 is 0 Å². The second-order valence-corrected chi connectivity index (χ2v) is 4.62. The zero-order chi connectivity index (χ0) is 13.8. The molecule has 1 unspecified atom stereocenters.